The predicted octanol–water partition coefficient (Wildman–Crippen LogP) is 6.13. The molecule has 6 rings (SSSR count). The molecule has 0 spiro atoms. The van der Waals surface area contributed by atoms with E-state index < -0.39 is 36.3 Å². The minimum Gasteiger partial charge on any atom is -0.480 e. The molecule has 1 unspecified atom stereocenters. The van der Waals surface area contributed by atoms with Crippen LogP contribution in [0.4, 0.5) is 26.3 Å². The van der Waals surface area contributed by atoms with Crippen molar-refractivity contribution >= 4 is 11.2 Å². The van der Waals surface area contributed by atoms with Crippen LogP contribution in [0.15, 0.2) is 43.0 Å². The highest BCUT2D eigenvalue weighted by molar-refractivity contribution is 5.76. The number of hydrogen-bond donors (Lipinski definition) is 1. The molecule has 0 saturated heterocycles. The SMILES string of the molecule is CCn1cc(C(F)(F)F)nc1-c1ccc(C(C)n2c(=N)n(CC(F)(F)F)c3cnc(-c4c(OC)ncnc4C4CC4)nc32)cc1. The van der Waals surface area contributed by atoms with Crippen LogP contribution in [-0.4, -0.2) is 51.9 Å². The Balaban J connectivity index is 1.47. The van der Waals surface area contributed by atoms with Gasteiger partial charge in [0.05, 0.1) is 25.0 Å². The lowest BCUT2D eigenvalue weighted by Gasteiger charge is -2.16. The molecule has 16 heteroatoms. The zero-order valence-electron chi connectivity index (χ0n) is 24.3. The van der Waals surface area contributed by atoms with Crippen molar-refractivity contribution in [2.75, 3.05) is 7.11 Å². The first-order chi connectivity index (χ1) is 21.3. The molecule has 1 N–H and O–H groups in total. The van der Waals surface area contributed by atoms with Crippen LogP contribution in [-0.2, 0) is 19.3 Å². The van der Waals surface area contributed by atoms with Gasteiger partial charge >= 0.3 is 12.4 Å². The van der Waals surface area contributed by atoms with Gasteiger partial charge in [-0.25, -0.2) is 24.9 Å². The van der Waals surface area contributed by atoms with Crippen molar-refractivity contribution < 1.29 is 31.1 Å². The molecule has 236 valence electrons. The largest absolute Gasteiger partial charge is 0.480 e. The van der Waals surface area contributed by atoms with Crippen molar-refractivity contribution in [3.8, 4) is 28.7 Å². The highest BCUT2D eigenvalue weighted by Crippen LogP contribution is 2.45. The zero-order valence-corrected chi connectivity index (χ0v) is 24.3. The maximum atomic E-state index is 13.7. The Bertz CT molecular complexity index is 1940. The third-order valence-electron chi connectivity index (χ3n) is 7.76. The van der Waals surface area contributed by atoms with Crippen LogP contribution in [0.25, 0.3) is 33.9 Å². The number of halogens is 6. The van der Waals surface area contributed by atoms with E-state index in [-0.39, 0.29) is 41.2 Å². The first-order valence-electron chi connectivity index (χ1n) is 14.0. The van der Waals surface area contributed by atoms with Crippen LogP contribution in [0.1, 0.15) is 55.6 Å². The molecule has 0 amide bonds. The number of imidazole rings is 2. The summed E-state index contributed by atoms with van der Waals surface area (Å²) in [6, 6.07) is 5.76. The Morgan fingerprint density at radius 3 is 2.33 bits per heavy atom. The van der Waals surface area contributed by atoms with E-state index in [0.29, 0.717) is 22.4 Å². The molecule has 1 fully saturated rings. The monoisotopic (exact) mass is 631 g/mol. The molecule has 0 radical (unpaired) electrons. The second-order valence-corrected chi connectivity index (χ2v) is 10.7. The van der Waals surface area contributed by atoms with E-state index >= 15 is 0 Å². The van der Waals surface area contributed by atoms with Gasteiger partial charge in [0, 0.05) is 24.2 Å². The summed E-state index contributed by atoms with van der Waals surface area (Å²) in [7, 11) is 1.44. The lowest BCUT2D eigenvalue weighted by molar-refractivity contribution is -0.141. The predicted molar refractivity (Wildman–Crippen MR) is 149 cm³/mol. The van der Waals surface area contributed by atoms with Gasteiger partial charge in [-0.3, -0.25) is 14.5 Å². The van der Waals surface area contributed by atoms with Crippen LogP contribution >= 0.6 is 0 Å². The molecule has 45 heavy (non-hydrogen) atoms. The van der Waals surface area contributed by atoms with Gasteiger partial charge in [-0.2, -0.15) is 26.3 Å². The summed E-state index contributed by atoms with van der Waals surface area (Å²) >= 11 is 0. The summed E-state index contributed by atoms with van der Waals surface area (Å²) < 4.78 is 89.9. The first-order valence-corrected chi connectivity index (χ1v) is 14.0. The van der Waals surface area contributed by atoms with Gasteiger partial charge < -0.3 is 9.30 Å². The van der Waals surface area contributed by atoms with Crippen molar-refractivity contribution in [2.24, 2.45) is 0 Å². The lowest BCUT2D eigenvalue weighted by atomic mass is 10.1. The van der Waals surface area contributed by atoms with E-state index in [1.165, 1.54) is 28.8 Å². The average molecular weight is 632 g/mol. The highest BCUT2D eigenvalue weighted by Gasteiger charge is 2.36. The number of nitrogens with one attached hydrogen (secondary N) is 1. The van der Waals surface area contributed by atoms with E-state index in [1.54, 1.807) is 38.1 Å². The maximum absolute atomic E-state index is 13.7. The van der Waals surface area contributed by atoms with Gasteiger partial charge in [0.1, 0.15) is 29.8 Å². The van der Waals surface area contributed by atoms with Gasteiger partial charge in [-0.15, -0.1) is 0 Å². The normalized spacial score (nSPS) is 14.7. The number of methoxy groups -OCH3 is 1. The molecule has 1 aliphatic carbocycles. The van der Waals surface area contributed by atoms with Crippen LogP contribution in [0.3, 0.4) is 0 Å². The smallest absolute Gasteiger partial charge is 0.434 e. The van der Waals surface area contributed by atoms with E-state index in [9.17, 15) is 26.3 Å². The van der Waals surface area contributed by atoms with Crippen LogP contribution < -0.4 is 10.4 Å². The number of nitrogens with zero attached hydrogens (tertiary/aromatic N) is 8. The number of hydrogen-bond acceptors (Lipinski definition) is 7. The summed E-state index contributed by atoms with van der Waals surface area (Å²) in [5.41, 5.74) is 0.724. The van der Waals surface area contributed by atoms with E-state index in [4.69, 9.17) is 10.1 Å². The molecular formula is C29H27F6N9O. The number of alkyl halides is 6. The van der Waals surface area contributed by atoms with Crippen molar-refractivity contribution in [3.63, 3.8) is 0 Å². The Labute approximate surface area is 251 Å². The molecule has 0 bridgehead atoms. The van der Waals surface area contributed by atoms with Crippen LogP contribution in [0, 0.1) is 5.41 Å². The number of aryl methyl sites for hydroxylation is 1. The molecule has 0 aliphatic heterocycles. The molecule has 1 saturated carbocycles. The van der Waals surface area contributed by atoms with Crippen molar-refractivity contribution in [3.05, 3.63) is 65.6 Å². The fourth-order valence-electron chi connectivity index (χ4n) is 5.40. The quantitative estimate of drug-likeness (QED) is 0.206. The first kappa shape index (κ1) is 30.3. The molecule has 5 aromatic rings. The summed E-state index contributed by atoms with van der Waals surface area (Å²) in [5, 5.41) is 8.79. The van der Waals surface area contributed by atoms with E-state index in [1.807, 2.05) is 0 Å². The molecule has 4 heterocycles. The highest BCUT2D eigenvalue weighted by atomic mass is 19.4. The average Bonchev–Trinajstić information content (AvgIpc) is 3.69. The minimum atomic E-state index is -4.63. The second kappa shape index (κ2) is 11.0. The van der Waals surface area contributed by atoms with Gasteiger partial charge in [0.15, 0.2) is 17.2 Å². The summed E-state index contributed by atoms with van der Waals surface area (Å²) in [5.74, 6) is 0.649. The van der Waals surface area contributed by atoms with Gasteiger partial charge in [0.25, 0.3) is 0 Å². The Morgan fingerprint density at radius 1 is 1.02 bits per heavy atom. The number of benzene rings is 1. The van der Waals surface area contributed by atoms with Crippen molar-refractivity contribution in [1.29, 1.82) is 5.41 Å². The van der Waals surface area contributed by atoms with Gasteiger partial charge in [0.2, 0.25) is 11.5 Å². The lowest BCUT2D eigenvalue weighted by Crippen LogP contribution is -2.31. The third kappa shape index (κ3) is 5.64. The van der Waals surface area contributed by atoms with Crippen LogP contribution in [0.2, 0.25) is 0 Å². The molecule has 4 aromatic heterocycles. The molecule has 1 atom stereocenters. The maximum Gasteiger partial charge on any atom is 0.434 e. The number of ether oxygens (including phenoxy) is 1. The van der Waals surface area contributed by atoms with Gasteiger partial charge in [-0.05, 0) is 32.3 Å². The molecule has 1 aromatic carbocycles. The van der Waals surface area contributed by atoms with E-state index in [2.05, 4.69) is 24.9 Å². The fraction of sp³-hybridized carbons (Fsp3) is 0.379. The number of rotatable bonds is 8. The second-order valence-electron chi connectivity index (χ2n) is 10.7. The zero-order chi connectivity index (χ0) is 32.3. The summed E-state index contributed by atoms with van der Waals surface area (Å²) in [6.07, 6.45) is -3.86. The van der Waals surface area contributed by atoms with E-state index in [0.717, 1.165) is 23.6 Å². The van der Waals surface area contributed by atoms with Gasteiger partial charge in [-0.1, -0.05) is 24.3 Å². The minimum absolute atomic E-state index is 0.00186. The van der Waals surface area contributed by atoms with Crippen LogP contribution in [0.5, 0.6) is 5.88 Å². The number of aromatic nitrogens is 8. The topological polar surface area (TPSA) is 112 Å². The molecular weight excluding hydrogens is 604 g/mol. The standard InChI is InChI=1S/C29H27F6N9O/c1-4-42-12-20(29(33,34)35)40-24(42)18-9-5-16(6-10-18)15(2)44-25-19(43(27(44)36)13-28(30,31)32)11-37-23(41-25)21-22(17-7-8-17)38-14-39-26(21)45-3/h5-6,9-12,14-15,17,36H,4,7-8,13H2,1-3H3. The third-order valence-corrected chi connectivity index (χ3v) is 7.76. The van der Waals surface area contributed by atoms with Crippen molar-refractivity contribution in [2.45, 2.75) is 64.1 Å². The number of fused-ring (bicyclic) bond motifs is 1. The summed E-state index contributed by atoms with van der Waals surface area (Å²) in [6.45, 7) is 2.22. The Morgan fingerprint density at radius 2 is 1.73 bits per heavy atom. The van der Waals surface area contributed by atoms with Crippen molar-refractivity contribution in [1.82, 2.24) is 38.6 Å². The molecule has 10 nitrogen and oxygen atoms in total. The molecule has 1 aliphatic rings. The Kier molecular flexibility index (Phi) is 7.40. The summed E-state index contributed by atoms with van der Waals surface area (Å²) in [4.78, 5) is 21.4. The Hall–Kier alpha value is -4.76. The fourth-order valence-corrected chi connectivity index (χ4v) is 5.40.